The molecule has 0 aliphatic heterocycles. The summed E-state index contributed by atoms with van der Waals surface area (Å²) < 4.78 is 48.5. The molecule has 0 amide bonds. The molecule has 0 aliphatic carbocycles. The van der Waals surface area contributed by atoms with Crippen LogP contribution in [0.15, 0.2) is 30.3 Å². The van der Waals surface area contributed by atoms with E-state index in [1.807, 2.05) is 73.8 Å². The Kier molecular flexibility index (Phi) is 6.98. The number of alkyl halides is 3. The lowest BCUT2D eigenvalue weighted by molar-refractivity contribution is -0.275. The summed E-state index contributed by atoms with van der Waals surface area (Å²) in [5.74, 6) is -3.78. The Bertz CT molecular complexity index is 884. The summed E-state index contributed by atoms with van der Waals surface area (Å²) in [6, 6.07) is 5.82. The number of rotatable bonds is 4. The van der Waals surface area contributed by atoms with Gasteiger partial charge in [-0.2, -0.15) is 0 Å². The van der Waals surface area contributed by atoms with E-state index in [-0.39, 0.29) is 11.1 Å². The summed E-state index contributed by atoms with van der Waals surface area (Å²) in [7, 11) is 0. The molecular weight excluding hydrogens is 698 g/mol. The lowest BCUT2D eigenvalue weighted by Gasteiger charge is -2.14. The third kappa shape index (κ3) is 5.58. The van der Waals surface area contributed by atoms with E-state index in [0.29, 0.717) is 3.57 Å². The van der Waals surface area contributed by atoms with E-state index in [4.69, 9.17) is 9.84 Å². The largest absolute Gasteiger partial charge is 0.573 e. The highest BCUT2D eigenvalue weighted by Crippen LogP contribution is 2.34. The van der Waals surface area contributed by atoms with E-state index in [9.17, 15) is 22.8 Å². The minimum Gasteiger partial charge on any atom is -0.478 e. The Balaban J connectivity index is 2.45. The molecule has 0 fully saturated rings. The fourth-order valence-electron chi connectivity index (χ4n) is 1.79. The molecule has 0 heterocycles. The number of carboxylic acid groups (broad SMARTS) is 1. The molecule has 0 bridgehead atoms. The van der Waals surface area contributed by atoms with Crippen molar-refractivity contribution in [3.63, 3.8) is 0 Å². The van der Waals surface area contributed by atoms with Gasteiger partial charge >= 0.3 is 18.3 Å². The van der Waals surface area contributed by atoms with Crippen LogP contribution in [0.3, 0.4) is 0 Å². The van der Waals surface area contributed by atoms with E-state index in [1.165, 1.54) is 6.07 Å². The molecule has 0 atom stereocenters. The second-order valence-corrected chi connectivity index (χ2v) is 8.14. The van der Waals surface area contributed by atoms with Gasteiger partial charge in [0.25, 0.3) is 0 Å². The third-order valence-corrected chi connectivity index (χ3v) is 6.50. The van der Waals surface area contributed by atoms with Crippen LogP contribution in [0.25, 0.3) is 0 Å². The van der Waals surface area contributed by atoms with Crippen molar-refractivity contribution in [2.75, 3.05) is 0 Å². The zero-order chi connectivity index (χ0) is 19.6. The van der Waals surface area contributed by atoms with E-state index >= 15 is 0 Å². The standard InChI is InChI=1S/C15H6F3I3O5/c16-15(17,18)26-10-2-1-6(13(22)23)3-11(10)25-14(24)8-4-7(19)5-9(20)12(8)21/h1-5H,(H,22,23). The topological polar surface area (TPSA) is 72.8 Å². The smallest absolute Gasteiger partial charge is 0.478 e. The first kappa shape index (κ1) is 21.5. The van der Waals surface area contributed by atoms with Crippen molar-refractivity contribution in [3.05, 3.63) is 52.2 Å². The quantitative estimate of drug-likeness (QED) is 0.202. The number of aromatic carboxylic acids is 1. The molecule has 0 radical (unpaired) electrons. The van der Waals surface area contributed by atoms with Crippen LogP contribution in [0.4, 0.5) is 13.2 Å². The average Bonchev–Trinajstić information content (AvgIpc) is 2.50. The van der Waals surface area contributed by atoms with E-state index < -0.39 is 29.8 Å². The van der Waals surface area contributed by atoms with E-state index in [2.05, 4.69) is 4.74 Å². The van der Waals surface area contributed by atoms with Gasteiger partial charge in [0, 0.05) is 10.7 Å². The van der Waals surface area contributed by atoms with Crippen molar-refractivity contribution in [3.8, 4) is 11.5 Å². The number of esters is 1. The van der Waals surface area contributed by atoms with Gasteiger partial charge in [0.15, 0.2) is 11.5 Å². The number of hydrogen-bond acceptors (Lipinski definition) is 4. The molecule has 0 aromatic heterocycles. The van der Waals surface area contributed by atoms with Crippen molar-refractivity contribution < 1.29 is 37.3 Å². The van der Waals surface area contributed by atoms with Crippen molar-refractivity contribution in [2.45, 2.75) is 6.36 Å². The third-order valence-electron chi connectivity index (χ3n) is 2.83. The second-order valence-electron chi connectivity index (χ2n) is 4.65. The fourth-order valence-corrected chi connectivity index (χ4v) is 4.17. The number of hydrogen-bond donors (Lipinski definition) is 1. The first-order valence-electron chi connectivity index (χ1n) is 6.47. The van der Waals surface area contributed by atoms with E-state index in [0.717, 1.165) is 25.3 Å². The fraction of sp³-hybridized carbons (Fsp3) is 0.0667. The molecule has 1 N–H and O–H groups in total. The maximum atomic E-state index is 12.5. The van der Waals surface area contributed by atoms with Crippen LogP contribution < -0.4 is 9.47 Å². The Morgan fingerprint density at radius 3 is 2.23 bits per heavy atom. The molecular formula is C15H6F3I3O5. The lowest BCUT2D eigenvalue weighted by Crippen LogP contribution is -2.19. The summed E-state index contributed by atoms with van der Waals surface area (Å²) in [6.45, 7) is 0. The van der Waals surface area contributed by atoms with E-state index in [1.54, 1.807) is 0 Å². The Hall–Kier alpha value is -0.840. The molecule has 0 saturated heterocycles. The van der Waals surface area contributed by atoms with Crippen molar-refractivity contribution in [1.82, 2.24) is 0 Å². The molecule has 5 nitrogen and oxygen atoms in total. The predicted molar refractivity (Wildman–Crippen MR) is 110 cm³/mol. The highest BCUT2D eigenvalue weighted by Gasteiger charge is 2.33. The average molecular weight is 704 g/mol. The van der Waals surface area contributed by atoms with Crippen LogP contribution in [0.1, 0.15) is 20.7 Å². The lowest BCUT2D eigenvalue weighted by atomic mass is 10.2. The molecule has 2 aromatic carbocycles. The van der Waals surface area contributed by atoms with Gasteiger partial charge in [0.2, 0.25) is 0 Å². The second kappa shape index (κ2) is 8.45. The van der Waals surface area contributed by atoms with Gasteiger partial charge in [-0.3, -0.25) is 0 Å². The zero-order valence-electron chi connectivity index (χ0n) is 12.2. The molecule has 0 unspecified atom stereocenters. The van der Waals surface area contributed by atoms with Gasteiger partial charge in [-0.25, -0.2) is 9.59 Å². The van der Waals surface area contributed by atoms with Crippen LogP contribution in [-0.2, 0) is 0 Å². The summed E-state index contributed by atoms with van der Waals surface area (Å²) in [5, 5.41) is 8.99. The molecule has 0 saturated carbocycles. The Morgan fingerprint density at radius 2 is 1.65 bits per heavy atom. The predicted octanol–water partition coefficient (Wildman–Crippen LogP) is 5.32. The summed E-state index contributed by atoms with van der Waals surface area (Å²) in [6.07, 6.45) is -5.03. The molecule has 11 heteroatoms. The molecule has 26 heavy (non-hydrogen) atoms. The van der Waals surface area contributed by atoms with Crippen molar-refractivity contribution in [1.29, 1.82) is 0 Å². The maximum absolute atomic E-state index is 12.5. The molecule has 2 aromatic rings. The van der Waals surface area contributed by atoms with Gasteiger partial charge in [-0.05, 0) is 98.1 Å². The van der Waals surface area contributed by atoms with Crippen LogP contribution in [0.5, 0.6) is 11.5 Å². The number of halogens is 6. The molecule has 0 spiro atoms. The zero-order valence-corrected chi connectivity index (χ0v) is 18.7. The van der Waals surface area contributed by atoms with Gasteiger partial charge in [0.05, 0.1) is 11.1 Å². The Labute approximate surface area is 185 Å². The number of carboxylic acids is 1. The highest BCUT2D eigenvalue weighted by molar-refractivity contribution is 14.1. The normalized spacial score (nSPS) is 11.2. The number of carbonyl (C=O) groups excluding carboxylic acids is 1. The highest BCUT2D eigenvalue weighted by atomic mass is 127. The summed E-state index contributed by atoms with van der Waals surface area (Å²) in [5.41, 5.74) is -0.213. The Morgan fingerprint density at radius 1 is 1.00 bits per heavy atom. The SMILES string of the molecule is O=C(O)c1ccc(OC(F)(F)F)c(OC(=O)c2cc(I)cc(I)c2I)c1. The van der Waals surface area contributed by atoms with Crippen LogP contribution >= 0.6 is 67.8 Å². The monoisotopic (exact) mass is 704 g/mol. The van der Waals surface area contributed by atoms with Gasteiger partial charge in [0.1, 0.15) is 0 Å². The van der Waals surface area contributed by atoms with Gasteiger partial charge in [-0.15, -0.1) is 13.2 Å². The first-order valence-corrected chi connectivity index (χ1v) is 9.71. The molecule has 0 aliphatic rings. The minimum absolute atomic E-state index is 0.139. The first-order chi connectivity index (χ1) is 12.0. The number of carbonyl (C=O) groups is 2. The number of benzene rings is 2. The van der Waals surface area contributed by atoms with Gasteiger partial charge < -0.3 is 14.6 Å². The summed E-state index contributed by atoms with van der Waals surface area (Å²) >= 11 is 5.90. The molecule has 2 rings (SSSR count). The van der Waals surface area contributed by atoms with Crippen LogP contribution in [-0.4, -0.2) is 23.4 Å². The maximum Gasteiger partial charge on any atom is 0.573 e. The van der Waals surface area contributed by atoms with Crippen molar-refractivity contribution in [2.24, 2.45) is 0 Å². The van der Waals surface area contributed by atoms with Gasteiger partial charge in [-0.1, -0.05) is 0 Å². The summed E-state index contributed by atoms with van der Waals surface area (Å²) in [4.78, 5) is 23.5. The minimum atomic E-state index is -5.03. The van der Waals surface area contributed by atoms with Crippen molar-refractivity contribution >= 4 is 79.7 Å². The van der Waals surface area contributed by atoms with Crippen LogP contribution in [0.2, 0.25) is 0 Å². The molecule has 138 valence electrons. The van der Waals surface area contributed by atoms with Crippen LogP contribution in [0, 0.1) is 10.7 Å². The number of ether oxygens (including phenoxy) is 2.